The van der Waals surface area contributed by atoms with Crippen LogP contribution in [0.15, 0.2) is 88.7 Å². The van der Waals surface area contributed by atoms with Gasteiger partial charge in [0.15, 0.2) is 0 Å². The Morgan fingerprint density at radius 3 is 2.43 bits per heavy atom. The fourth-order valence-electron chi connectivity index (χ4n) is 3.38. The van der Waals surface area contributed by atoms with Gasteiger partial charge in [0.2, 0.25) is 0 Å². The van der Waals surface area contributed by atoms with E-state index in [0.717, 1.165) is 26.4 Å². The molecule has 4 aromatic rings. The predicted molar refractivity (Wildman–Crippen MR) is 123 cm³/mol. The third kappa shape index (κ3) is 4.36. The smallest absolute Gasteiger partial charge is 0.268 e. The first-order chi connectivity index (χ1) is 14.7. The number of H-pyrrole nitrogens is 1. The van der Waals surface area contributed by atoms with Crippen LogP contribution in [0.25, 0.3) is 10.9 Å². The molecule has 3 aromatic carbocycles. The Kier molecular flexibility index (Phi) is 6.10. The number of carbonyl (C=O) groups is 1. The summed E-state index contributed by atoms with van der Waals surface area (Å²) >= 11 is 1.59. The minimum atomic E-state index is -0.105. The molecular weight excluding hydrogens is 392 g/mol. The number of methoxy groups -OCH3 is 1. The molecule has 0 radical (unpaired) electrons. The maximum atomic E-state index is 13.1. The zero-order chi connectivity index (χ0) is 20.9. The Bertz CT molecular complexity index is 1140. The average molecular weight is 417 g/mol. The average Bonchev–Trinajstić information content (AvgIpc) is 3.16. The SMILES string of the molecule is COc1ccc2c(Sc3ccccc3)c(C(=O)NC[C@H](C)c3ccccc3)[nH]c2c1. The highest BCUT2D eigenvalue weighted by Crippen LogP contribution is 2.37. The molecule has 4 rings (SSSR count). The Morgan fingerprint density at radius 1 is 1.03 bits per heavy atom. The Labute approximate surface area is 180 Å². The van der Waals surface area contributed by atoms with E-state index in [4.69, 9.17) is 4.74 Å². The second-order valence-electron chi connectivity index (χ2n) is 7.18. The van der Waals surface area contributed by atoms with E-state index in [9.17, 15) is 4.79 Å². The van der Waals surface area contributed by atoms with E-state index >= 15 is 0 Å². The van der Waals surface area contributed by atoms with Crippen molar-refractivity contribution in [3.05, 3.63) is 90.1 Å². The van der Waals surface area contributed by atoms with Gasteiger partial charge in [-0.15, -0.1) is 0 Å². The highest BCUT2D eigenvalue weighted by Gasteiger charge is 2.20. The van der Waals surface area contributed by atoms with Crippen LogP contribution in [0.4, 0.5) is 0 Å². The number of aromatic amines is 1. The van der Waals surface area contributed by atoms with Crippen LogP contribution in [0, 0.1) is 0 Å². The van der Waals surface area contributed by atoms with Crippen molar-refractivity contribution in [2.75, 3.05) is 13.7 Å². The molecule has 2 N–H and O–H groups in total. The van der Waals surface area contributed by atoms with Crippen molar-refractivity contribution >= 4 is 28.6 Å². The molecule has 4 nitrogen and oxygen atoms in total. The molecule has 0 fully saturated rings. The van der Waals surface area contributed by atoms with Crippen LogP contribution in [-0.2, 0) is 0 Å². The normalized spacial score (nSPS) is 11.9. The number of hydrogen-bond donors (Lipinski definition) is 2. The van der Waals surface area contributed by atoms with E-state index < -0.39 is 0 Å². The molecule has 1 heterocycles. The minimum absolute atomic E-state index is 0.105. The Morgan fingerprint density at radius 2 is 1.73 bits per heavy atom. The first-order valence-electron chi connectivity index (χ1n) is 9.91. The largest absolute Gasteiger partial charge is 0.497 e. The third-order valence-electron chi connectivity index (χ3n) is 5.09. The van der Waals surface area contributed by atoms with Gasteiger partial charge in [-0.2, -0.15) is 0 Å². The van der Waals surface area contributed by atoms with E-state index in [1.807, 2.05) is 66.7 Å². The van der Waals surface area contributed by atoms with Gasteiger partial charge in [-0.25, -0.2) is 0 Å². The summed E-state index contributed by atoms with van der Waals surface area (Å²) < 4.78 is 5.35. The van der Waals surface area contributed by atoms with Gasteiger partial charge in [0.1, 0.15) is 11.4 Å². The molecule has 0 bridgehead atoms. The topological polar surface area (TPSA) is 54.1 Å². The molecule has 1 aromatic heterocycles. The van der Waals surface area contributed by atoms with Gasteiger partial charge >= 0.3 is 0 Å². The molecule has 0 saturated heterocycles. The first-order valence-corrected chi connectivity index (χ1v) is 10.7. The molecule has 0 saturated carbocycles. The van der Waals surface area contributed by atoms with Crippen LogP contribution >= 0.6 is 11.8 Å². The second kappa shape index (κ2) is 9.09. The molecule has 0 spiro atoms. The molecule has 0 aliphatic carbocycles. The van der Waals surface area contributed by atoms with Gasteiger partial charge < -0.3 is 15.0 Å². The number of rotatable bonds is 7. The maximum absolute atomic E-state index is 13.1. The quantitative estimate of drug-likeness (QED) is 0.397. The number of aromatic nitrogens is 1. The highest BCUT2D eigenvalue weighted by molar-refractivity contribution is 7.99. The molecule has 30 heavy (non-hydrogen) atoms. The second-order valence-corrected chi connectivity index (χ2v) is 8.26. The van der Waals surface area contributed by atoms with Gasteiger partial charge in [0.25, 0.3) is 5.91 Å². The van der Waals surface area contributed by atoms with E-state index in [1.165, 1.54) is 5.56 Å². The molecule has 5 heteroatoms. The zero-order valence-corrected chi connectivity index (χ0v) is 17.8. The molecular formula is C25H24N2O2S. The van der Waals surface area contributed by atoms with Crippen LogP contribution < -0.4 is 10.1 Å². The summed E-state index contributed by atoms with van der Waals surface area (Å²) in [5.41, 5.74) is 2.67. The number of amides is 1. The first kappa shape index (κ1) is 20.1. The summed E-state index contributed by atoms with van der Waals surface area (Å²) in [4.78, 5) is 18.4. The third-order valence-corrected chi connectivity index (χ3v) is 6.22. The number of nitrogens with one attached hydrogen (secondary N) is 2. The van der Waals surface area contributed by atoms with Crippen molar-refractivity contribution < 1.29 is 9.53 Å². The van der Waals surface area contributed by atoms with Crippen LogP contribution in [-0.4, -0.2) is 24.5 Å². The number of carbonyl (C=O) groups excluding carboxylic acids is 1. The zero-order valence-electron chi connectivity index (χ0n) is 17.0. The fourth-order valence-corrected chi connectivity index (χ4v) is 4.45. The van der Waals surface area contributed by atoms with Crippen LogP contribution in [0.5, 0.6) is 5.75 Å². The summed E-state index contributed by atoms with van der Waals surface area (Å²) in [5, 5.41) is 4.10. The van der Waals surface area contributed by atoms with Gasteiger partial charge in [0, 0.05) is 22.9 Å². The lowest BCUT2D eigenvalue weighted by molar-refractivity contribution is 0.0944. The van der Waals surface area contributed by atoms with E-state index in [-0.39, 0.29) is 11.8 Å². The van der Waals surface area contributed by atoms with Crippen LogP contribution in [0.3, 0.4) is 0 Å². The number of ether oxygens (including phenoxy) is 1. The van der Waals surface area contributed by atoms with Crippen molar-refractivity contribution in [2.45, 2.75) is 22.6 Å². The van der Waals surface area contributed by atoms with Crippen molar-refractivity contribution in [1.82, 2.24) is 10.3 Å². The molecule has 0 aliphatic rings. The van der Waals surface area contributed by atoms with Gasteiger partial charge in [-0.3, -0.25) is 4.79 Å². The van der Waals surface area contributed by atoms with E-state index in [0.29, 0.717) is 12.2 Å². The molecule has 1 atom stereocenters. The number of benzene rings is 3. The number of hydrogen-bond acceptors (Lipinski definition) is 3. The van der Waals surface area contributed by atoms with Crippen molar-refractivity contribution in [3.8, 4) is 5.75 Å². The van der Waals surface area contributed by atoms with E-state index in [1.54, 1.807) is 18.9 Å². The monoisotopic (exact) mass is 416 g/mol. The van der Waals surface area contributed by atoms with Crippen molar-refractivity contribution in [2.24, 2.45) is 0 Å². The van der Waals surface area contributed by atoms with Crippen molar-refractivity contribution in [1.29, 1.82) is 0 Å². The maximum Gasteiger partial charge on any atom is 0.268 e. The van der Waals surface area contributed by atoms with Crippen LogP contribution in [0.1, 0.15) is 28.9 Å². The lowest BCUT2D eigenvalue weighted by Gasteiger charge is -2.13. The highest BCUT2D eigenvalue weighted by atomic mass is 32.2. The Hall–Kier alpha value is -3.18. The van der Waals surface area contributed by atoms with Gasteiger partial charge in [-0.05, 0) is 35.7 Å². The lowest BCUT2D eigenvalue weighted by atomic mass is 10.0. The van der Waals surface area contributed by atoms with E-state index in [2.05, 4.69) is 29.4 Å². The predicted octanol–water partition coefficient (Wildman–Crippen LogP) is 5.86. The summed E-state index contributed by atoms with van der Waals surface area (Å²) in [6, 6.07) is 26.1. The number of fused-ring (bicyclic) bond motifs is 1. The Balaban J connectivity index is 1.62. The fraction of sp³-hybridized carbons (Fsp3) is 0.160. The van der Waals surface area contributed by atoms with Gasteiger partial charge in [0.05, 0.1) is 17.5 Å². The van der Waals surface area contributed by atoms with Crippen molar-refractivity contribution in [3.63, 3.8) is 0 Å². The molecule has 0 aliphatic heterocycles. The summed E-state index contributed by atoms with van der Waals surface area (Å²) in [5.74, 6) is 0.876. The lowest BCUT2D eigenvalue weighted by Crippen LogP contribution is -2.28. The minimum Gasteiger partial charge on any atom is -0.497 e. The van der Waals surface area contributed by atoms with Crippen LogP contribution in [0.2, 0.25) is 0 Å². The summed E-state index contributed by atoms with van der Waals surface area (Å²) in [6.45, 7) is 2.68. The molecule has 152 valence electrons. The van der Waals surface area contributed by atoms with Gasteiger partial charge in [-0.1, -0.05) is 67.2 Å². The summed E-state index contributed by atoms with van der Waals surface area (Å²) in [6.07, 6.45) is 0. The summed E-state index contributed by atoms with van der Waals surface area (Å²) in [7, 11) is 1.64. The molecule has 0 unspecified atom stereocenters. The standard InChI is InChI=1S/C25H24N2O2S/c1-17(18-9-5-3-6-10-18)16-26-25(28)23-24(30-20-11-7-4-8-12-20)21-14-13-19(29-2)15-22(21)27-23/h3-15,17,27H,16H2,1-2H3,(H,26,28)/t17-/m0/s1. The molecule has 1 amide bonds.